The molecular weight excluding hydrogens is 294 g/mol. The molecule has 0 saturated carbocycles. The fourth-order valence-corrected chi connectivity index (χ4v) is 2.82. The minimum atomic E-state index is -3.68. The van der Waals surface area contributed by atoms with Gasteiger partial charge in [-0.15, -0.1) is 0 Å². The maximum absolute atomic E-state index is 12.0. The first kappa shape index (κ1) is 15.0. The van der Waals surface area contributed by atoms with Crippen LogP contribution in [0, 0.1) is 0 Å². The molecule has 2 rings (SSSR count). The van der Waals surface area contributed by atoms with Crippen molar-refractivity contribution < 1.29 is 18.3 Å². The molecule has 0 radical (unpaired) electrons. The number of benzene rings is 1. The molecule has 1 aromatic heterocycles. The Morgan fingerprint density at radius 1 is 1.38 bits per heavy atom. The fourth-order valence-electron chi connectivity index (χ4n) is 1.86. The Hall–Kier alpha value is -2.35. The van der Waals surface area contributed by atoms with Crippen LogP contribution in [-0.2, 0) is 14.8 Å². The van der Waals surface area contributed by atoms with Crippen LogP contribution in [0.5, 0.6) is 0 Å². The number of hydrogen-bond donors (Lipinski definition) is 3. The molecule has 0 aliphatic carbocycles. The van der Waals surface area contributed by atoms with Gasteiger partial charge in [0.2, 0.25) is 0 Å². The molecule has 2 aromatic rings. The first-order chi connectivity index (χ1) is 9.88. The maximum atomic E-state index is 12.0. The van der Waals surface area contributed by atoms with Gasteiger partial charge in [-0.2, -0.15) is 8.42 Å². The standard InChI is InChI=1S/C13H15N3O4S/c1-9(6-13(17)18)10-2-4-11(5-3-10)16-21(19,20)12-7-14-8-15-12/h2-5,7-9,16H,6H2,1H3,(H,14,15)(H,17,18). The zero-order valence-corrected chi connectivity index (χ0v) is 12.1. The zero-order valence-electron chi connectivity index (χ0n) is 11.3. The molecule has 112 valence electrons. The lowest BCUT2D eigenvalue weighted by Gasteiger charge is -2.11. The molecule has 0 aliphatic rings. The average Bonchev–Trinajstić information content (AvgIpc) is 2.93. The second kappa shape index (κ2) is 5.96. The Labute approximate surface area is 122 Å². The smallest absolute Gasteiger partial charge is 0.303 e. The van der Waals surface area contributed by atoms with Gasteiger partial charge in [0.25, 0.3) is 10.0 Å². The van der Waals surface area contributed by atoms with E-state index in [0.29, 0.717) is 5.69 Å². The second-order valence-electron chi connectivity index (χ2n) is 4.64. The minimum absolute atomic E-state index is 0.0224. The molecule has 7 nitrogen and oxygen atoms in total. The Kier molecular flexibility index (Phi) is 4.27. The van der Waals surface area contributed by atoms with Crippen LogP contribution in [0.3, 0.4) is 0 Å². The van der Waals surface area contributed by atoms with Gasteiger partial charge < -0.3 is 10.1 Å². The van der Waals surface area contributed by atoms with E-state index in [1.54, 1.807) is 31.2 Å². The Morgan fingerprint density at radius 3 is 2.57 bits per heavy atom. The molecular formula is C13H15N3O4S. The van der Waals surface area contributed by atoms with Crippen molar-refractivity contribution in [3.8, 4) is 0 Å². The van der Waals surface area contributed by atoms with E-state index in [0.717, 1.165) is 5.56 Å². The van der Waals surface area contributed by atoms with Crippen LogP contribution in [0.4, 0.5) is 5.69 Å². The average molecular weight is 309 g/mol. The summed E-state index contributed by atoms with van der Waals surface area (Å²) in [5, 5.41) is 8.73. The number of carboxylic acid groups (broad SMARTS) is 1. The summed E-state index contributed by atoms with van der Waals surface area (Å²) in [7, 11) is -3.68. The number of carboxylic acids is 1. The summed E-state index contributed by atoms with van der Waals surface area (Å²) in [5.41, 5.74) is 1.23. The number of rotatable bonds is 6. The van der Waals surface area contributed by atoms with Crippen molar-refractivity contribution in [2.75, 3.05) is 4.72 Å². The third-order valence-electron chi connectivity index (χ3n) is 2.98. The number of H-pyrrole nitrogens is 1. The summed E-state index contributed by atoms with van der Waals surface area (Å²) in [5.74, 6) is -1.01. The van der Waals surface area contributed by atoms with Crippen LogP contribution in [0.1, 0.15) is 24.8 Å². The normalized spacial score (nSPS) is 12.8. The summed E-state index contributed by atoms with van der Waals surface area (Å²) in [4.78, 5) is 16.9. The highest BCUT2D eigenvalue weighted by Crippen LogP contribution is 2.22. The summed E-state index contributed by atoms with van der Waals surface area (Å²) >= 11 is 0. The molecule has 0 spiro atoms. The van der Waals surface area contributed by atoms with Crippen molar-refractivity contribution in [1.82, 2.24) is 9.97 Å². The van der Waals surface area contributed by atoms with Gasteiger partial charge in [-0.05, 0) is 23.6 Å². The summed E-state index contributed by atoms with van der Waals surface area (Å²) in [6.45, 7) is 1.80. The molecule has 1 atom stereocenters. The Morgan fingerprint density at radius 2 is 2.05 bits per heavy atom. The van der Waals surface area contributed by atoms with Gasteiger partial charge in [-0.25, -0.2) is 4.98 Å². The predicted molar refractivity (Wildman–Crippen MR) is 76.5 cm³/mol. The number of sulfonamides is 1. The summed E-state index contributed by atoms with van der Waals surface area (Å²) in [6, 6.07) is 6.61. The second-order valence-corrected chi connectivity index (χ2v) is 6.29. The van der Waals surface area contributed by atoms with E-state index in [-0.39, 0.29) is 17.4 Å². The number of hydrogen-bond acceptors (Lipinski definition) is 4. The number of nitrogens with one attached hydrogen (secondary N) is 2. The van der Waals surface area contributed by atoms with Gasteiger partial charge in [0, 0.05) is 5.69 Å². The van der Waals surface area contributed by atoms with E-state index in [2.05, 4.69) is 14.7 Å². The van der Waals surface area contributed by atoms with Crippen molar-refractivity contribution in [2.45, 2.75) is 24.3 Å². The molecule has 1 aromatic carbocycles. The Balaban J connectivity index is 2.11. The lowest BCUT2D eigenvalue weighted by atomic mass is 9.98. The molecule has 0 aliphatic heterocycles. The SMILES string of the molecule is CC(CC(=O)O)c1ccc(NS(=O)(=O)c2cnc[nH]2)cc1. The number of nitrogens with zero attached hydrogens (tertiary/aromatic N) is 1. The Bertz CT molecular complexity index is 708. The molecule has 8 heteroatoms. The van der Waals surface area contributed by atoms with E-state index in [4.69, 9.17) is 5.11 Å². The van der Waals surface area contributed by atoms with Gasteiger partial charge in [0.15, 0.2) is 5.03 Å². The number of carbonyl (C=O) groups is 1. The van der Waals surface area contributed by atoms with E-state index in [1.807, 2.05) is 0 Å². The first-order valence-electron chi connectivity index (χ1n) is 6.21. The van der Waals surface area contributed by atoms with Crippen molar-refractivity contribution >= 4 is 21.7 Å². The van der Waals surface area contributed by atoms with E-state index < -0.39 is 16.0 Å². The number of imidazole rings is 1. The van der Waals surface area contributed by atoms with Crippen LogP contribution in [0.25, 0.3) is 0 Å². The van der Waals surface area contributed by atoms with Crippen LogP contribution in [-0.4, -0.2) is 29.5 Å². The number of aromatic amines is 1. The van der Waals surface area contributed by atoms with Crippen LogP contribution >= 0.6 is 0 Å². The van der Waals surface area contributed by atoms with Gasteiger partial charge >= 0.3 is 5.97 Å². The topological polar surface area (TPSA) is 112 Å². The van der Waals surface area contributed by atoms with E-state index in [1.165, 1.54) is 12.5 Å². The molecule has 0 fully saturated rings. The minimum Gasteiger partial charge on any atom is -0.481 e. The third kappa shape index (κ3) is 3.82. The summed E-state index contributed by atoms with van der Waals surface area (Å²) < 4.78 is 26.3. The molecule has 0 bridgehead atoms. The van der Waals surface area contributed by atoms with E-state index in [9.17, 15) is 13.2 Å². The molecule has 1 unspecified atom stereocenters. The van der Waals surface area contributed by atoms with Crippen molar-refractivity contribution in [1.29, 1.82) is 0 Å². The highest BCUT2D eigenvalue weighted by atomic mass is 32.2. The molecule has 21 heavy (non-hydrogen) atoms. The van der Waals surface area contributed by atoms with Crippen LogP contribution < -0.4 is 4.72 Å². The first-order valence-corrected chi connectivity index (χ1v) is 7.70. The lowest BCUT2D eigenvalue weighted by molar-refractivity contribution is -0.137. The van der Waals surface area contributed by atoms with Gasteiger partial charge in [-0.3, -0.25) is 9.52 Å². The van der Waals surface area contributed by atoms with Gasteiger partial charge in [-0.1, -0.05) is 19.1 Å². The van der Waals surface area contributed by atoms with Gasteiger partial charge in [0.1, 0.15) is 0 Å². The highest BCUT2D eigenvalue weighted by Gasteiger charge is 2.16. The van der Waals surface area contributed by atoms with Gasteiger partial charge in [0.05, 0.1) is 18.9 Å². The molecule has 0 amide bonds. The predicted octanol–water partition coefficient (Wildman–Crippen LogP) is 1.79. The van der Waals surface area contributed by atoms with Crippen molar-refractivity contribution in [3.05, 3.63) is 42.4 Å². The zero-order chi connectivity index (χ0) is 15.5. The monoisotopic (exact) mass is 309 g/mol. The molecule has 0 saturated heterocycles. The van der Waals surface area contributed by atoms with Crippen LogP contribution in [0.15, 0.2) is 41.8 Å². The quantitative estimate of drug-likeness (QED) is 0.753. The van der Waals surface area contributed by atoms with Crippen LogP contribution in [0.2, 0.25) is 0 Å². The largest absolute Gasteiger partial charge is 0.481 e. The highest BCUT2D eigenvalue weighted by molar-refractivity contribution is 7.92. The number of anilines is 1. The molecule has 1 heterocycles. The molecule has 3 N–H and O–H groups in total. The summed E-state index contributed by atoms with van der Waals surface area (Å²) in [6.07, 6.45) is 2.52. The number of aliphatic carboxylic acids is 1. The third-order valence-corrected chi connectivity index (χ3v) is 4.28. The van der Waals surface area contributed by atoms with E-state index >= 15 is 0 Å². The maximum Gasteiger partial charge on any atom is 0.303 e. The van der Waals surface area contributed by atoms with Crippen molar-refractivity contribution in [3.63, 3.8) is 0 Å². The lowest BCUT2D eigenvalue weighted by Crippen LogP contribution is -2.13. The fraction of sp³-hybridized carbons (Fsp3) is 0.231. The van der Waals surface area contributed by atoms with Crippen molar-refractivity contribution in [2.24, 2.45) is 0 Å². The number of aromatic nitrogens is 2.